The predicted octanol–water partition coefficient (Wildman–Crippen LogP) is 2.57. The van der Waals surface area contributed by atoms with Gasteiger partial charge in [-0.1, -0.05) is 32.0 Å². The summed E-state index contributed by atoms with van der Waals surface area (Å²) < 4.78 is 20.3. The van der Waals surface area contributed by atoms with Crippen LogP contribution in [0.4, 0.5) is 4.39 Å². The van der Waals surface area contributed by atoms with Gasteiger partial charge < -0.3 is 14.5 Å². The molecule has 0 bridgehead atoms. The number of amides is 2. The molecule has 0 unspecified atom stereocenters. The number of halogens is 1. The van der Waals surface area contributed by atoms with E-state index < -0.39 is 11.5 Å². The average molecular weight is 383 g/mol. The van der Waals surface area contributed by atoms with E-state index in [1.165, 1.54) is 6.07 Å². The number of hydrogen-bond acceptors (Lipinski definition) is 4. The van der Waals surface area contributed by atoms with Crippen LogP contribution in [0, 0.1) is 11.7 Å². The van der Waals surface area contributed by atoms with Gasteiger partial charge in [-0.15, -0.1) is 0 Å². The van der Waals surface area contributed by atoms with Gasteiger partial charge in [-0.25, -0.2) is 9.37 Å². The molecule has 5 rings (SSSR count). The number of benzene rings is 1. The van der Waals surface area contributed by atoms with Crippen LogP contribution in [0.25, 0.3) is 10.9 Å². The zero-order valence-electron chi connectivity index (χ0n) is 15.9. The van der Waals surface area contributed by atoms with Crippen molar-refractivity contribution in [3.63, 3.8) is 0 Å². The summed E-state index contributed by atoms with van der Waals surface area (Å²) in [6, 6.07) is 7.76. The Morgan fingerprint density at radius 3 is 2.93 bits per heavy atom. The molecule has 0 aliphatic carbocycles. The normalized spacial score (nSPS) is 29.1. The minimum absolute atomic E-state index is 0.0382. The number of para-hydroxylation sites is 1. The fourth-order valence-corrected chi connectivity index (χ4v) is 4.99. The lowest BCUT2D eigenvalue weighted by Gasteiger charge is -2.34. The van der Waals surface area contributed by atoms with Crippen LogP contribution >= 0.6 is 0 Å². The standard InChI is InChI=1S/C21H22FN3O3/c1-12(2)16-11-28-21-8-9-24(17(21)10-18(26)25(16)21)20(27)15-7-6-13-4-3-5-14(22)19(13)23-15/h3-7,12,16-17H,8-11H2,1-2H3/t16-,17+,21-/m0/s1. The van der Waals surface area contributed by atoms with E-state index in [0.717, 1.165) is 0 Å². The fourth-order valence-electron chi connectivity index (χ4n) is 4.99. The number of rotatable bonds is 2. The molecular formula is C21H22FN3O3. The van der Waals surface area contributed by atoms with Crippen LogP contribution in [0.5, 0.6) is 0 Å². The molecule has 2 aromatic rings. The minimum atomic E-state index is -0.718. The van der Waals surface area contributed by atoms with Crippen molar-refractivity contribution in [3.8, 4) is 0 Å². The first-order valence-corrected chi connectivity index (χ1v) is 9.75. The second-order valence-electron chi connectivity index (χ2n) is 8.21. The summed E-state index contributed by atoms with van der Waals surface area (Å²) in [5.41, 5.74) is -0.341. The van der Waals surface area contributed by atoms with Crippen molar-refractivity contribution in [2.45, 2.75) is 44.5 Å². The molecule has 1 spiro atoms. The minimum Gasteiger partial charge on any atom is -0.351 e. The largest absolute Gasteiger partial charge is 0.351 e. The first-order valence-electron chi connectivity index (χ1n) is 9.75. The van der Waals surface area contributed by atoms with Gasteiger partial charge >= 0.3 is 0 Å². The molecule has 146 valence electrons. The molecule has 3 saturated heterocycles. The molecule has 4 heterocycles. The van der Waals surface area contributed by atoms with Crippen LogP contribution < -0.4 is 0 Å². The summed E-state index contributed by atoms with van der Waals surface area (Å²) in [5, 5.41) is 0.649. The molecule has 0 saturated carbocycles. The molecule has 0 N–H and O–H groups in total. The van der Waals surface area contributed by atoms with E-state index in [0.29, 0.717) is 25.0 Å². The van der Waals surface area contributed by atoms with Crippen molar-refractivity contribution < 1.29 is 18.7 Å². The van der Waals surface area contributed by atoms with Gasteiger partial charge in [0.1, 0.15) is 17.0 Å². The van der Waals surface area contributed by atoms with Crippen molar-refractivity contribution in [2.24, 2.45) is 5.92 Å². The first-order chi connectivity index (χ1) is 13.4. The Balaban J connectivity index is 1.48. The van der Waals surface area contributed by atoms with Gasteiger partial charge in [0.2, 0.25) is 5.91 Å². The summed E-state index contributed by atoms with van der Waals surface area (Å²) in [7, 11) is 0. The van der Waals surface area contributed by atoms with Crippen molar-refractivity contribution in [1.82, 2.24) is 14.8 Å². The Bertz CT molecular complexity index is 994. The number of carbonyl (C=O) groups is 2. The summed E-state index contributed by atoms with van der Waals surface area (Å²) in [4.78, 5) is 33.8. The van der Waals surface area contributed by atoms with E-state index >= 15 is 0 Å². The molecule has 1 aromatic carbocycles. The van der Waals surface area contributed by atoms with E-state index in [1.54, 1.807) is 29.2 Å². The number of fused-ring (bicyclic) bond motifs is 1. The summed E-state index contributed by atoms with van der Waals surface area (Å²) >= 11 is 0. The number of aromatic nitrogens is 1. The summed E-state index contributed by atoms with van der Waals surface area (Å²) in [6.45, 7) is 5.16. The maximum Gasteiger partial charge on any atom is 0.272 e. The topological polar surface area (TPSA) is 62.7 Å². The van der Waals surface area contributed by atoms with Gasteiger partial charge in [-0.3, -0.25) is 9.59 Å². The number of ether oxygens (including phenoxy) is 1. The monoisotopic (exact) mass is 383 g/mol. The highest BCUT2D eigenvalue weighted by Gasteiger charge is 2.65. The molecule has 1 aromatic heterocycles. The molecule has 2 amide bonds. The third-order valence-electron chi connectivity index (χ3n) is 6.41. The van der Waals surface area contributed by atoms with Gasteiger partial charge in [-0.2, -0.15) is 0 Å². The number of hydrogen-bond donors (Lipinski definition) is 0. The van der Waals surface area contributed by atoms with Crippen LogP contribution in [0.1, 0.15) is 37.2 Å². The number of carbonyl (C=O) groups excluding carboxylic acids is 2. The molecule has 6 nitrogen and oxygen atoms in total. The van der Waals surface area contributed by atoms with E-state index in [-0.39, 0.29) is 47.4 Å². The average Bonchev–Trinajstić information content (AvgIpc) is 3.30. The van der Waals surface area contributed by atoms with Gasteiger partial charge in [0.05, 0.1) is 25.1 Å². The number of likely N-dealkylation sites (tertiary alicyclic amines) is 1. The van der Waals surface area contributed by atoms with E-state index in [1.807, 2.05) is 4.90 Å². The summed E-state index contributed by atoms with van der Waals surface area (Å²) in [5.74, 6) is -0.405. The van der Waals surface area contributed by atoms with Crippen molar-refractivity contribution in [3.05, 3.63) is 41.8 Å². The fraction of sp³-hybridized carbons (Fsp3) is 0.476. The third kappa shape index (κ3) is 2.25. The van der Waals surface area contributed by atoms with Crippen molar-refractivity contribution >= 4 is 22.7 Å². The van der Waals surface area contributed by atoms with Gasteiger partial charge in [0, 0.05) is 18.4 Å². The molecule has 0 radical (unpaired) electrons. The second-order valence-corrected chi connectivity index (χ2v) is 8.21. The van der Waals surface area contributed by atoms with Crippen molar-refractivity contribution in [1.29, 1.82) is 0 Å². The molecule has 3 atom stereocenters. The maximum atomic E-state index is 14.1. The number of pyridine rings is 1. The lowest BCUT2D eigenvalue weighted by Crippen LogP contribution is -2.51. The number of nitrogens with zero attached hydrogens (tertiary/aromatic N) is 3. The second kappa shape index (κ2) is 5.98. The lowest BCUT2D eigenvalue weighted by molar-refractivity contribution is -0.139. The maximum absolute atomic E-state index is 14.1. The zero-order chi connectivity index (χ0) is 19.6. The van der Waals surface area contributed by atoms with E-state index in [9.17, 15) is 14.0 Å². The SMILES string of the molecule is CC(C)[C@@H]1CO[C@@]23CCN(C(=O)c4ccc5cccc(F)c5n4)[C@@H]2CC(=O)N13. The molecule has 3 aliphatic heterocycles. The smallest absolute Gasteiger partial charge is 0.272 e. The van der Waals surface area contributed by atoms with Crippen molar-refractivity contribution in [2.75, 3.05) is 13.2 Å². The molecule has 28 heavy (non-hydrogen) atoms. The molecule has 3 fully saturated rings. The molecule has 7 heteroatoms. The van der Waals surface area contributed by atoms with Crippen LogP contribution in [-0.4, -0.2) is 57.6 Å². The highest BCUT2D eigenvalue weighted by molar-refractivity contribution is 5.96. The first kappa shape index (κ1) is 17.6. The Labute approximate surface area is 162 Å². The van der Waals surface area contributed by atoms with Gasteiger partial charge in [0.15, 0.2) is 5.72 Å². The predicted molar refractivity (Wildman–Crippen MR) is 99.9 cm³/mol. The third-order valence-corrected chi connectivity index (χ3v) is 6.41. The zero-order valence-corrected chi connectivity index (χ0v) is 15.9. The van der Waals surface area contributed by atoms with Crippen LogP contribution in [0.2, 0.25) is 0 Å². The molecular weight excluding hydrogens is 361 g/mol. The van der Waals surface area contributed by atoms with Crippen LogP contribution in [0.15, 0.2) is 30.3 Å². The van der Waals surface area contributed by atoms with Crippen LogP contribution in [0.3, 0.4) is 0 Å². The molecule has 3 aliphatic rings. The van der Waals surface area contributed by atoms with E-state index in [2.05, 4.69) is 18.8 Å². The Hall–Kier alpha value is -2.54. The van der Waals surface area contributed by atoms with E-state index in [4.69, 9.17) is 4.74 Å². The Morgan fingerprint density at radius 1 is 1.32 bits per heavy atom. The summed E-state index contributed by atoms with van der Waals surface area (Å²) in [6.07, 6.45) is 0.858. The van der Waals surface area contributed by atoms with Gasteiger partial charge in [0.25, 0.3) is 5.91 Å². The van der Waals surface area contributed by atoms with Crippen LogP contribution in [-0.2, 0) is 9.53 Å². The highest BCUT2D eigenvalue weighted by atomic mass is 19.1. The quantitative estimate of drug-likeness (QED) is 0.800. The Morgan fingerprint density at radius 2 is 2.14 bits per heavy atom. The lowest BCUT2D eigenvalue weighted by atomic mass is 10.0. The Kier molecular flexibility index (Phi) is 3.75. The highest BCUT2D eigenvalue weighted by Crippen LogP contribution is 2.49. The van der Waals surface area contributed by atoms with Gasteiger partial charge in [-0.05, 0) is 18.1 Å².